The van der Waals surface area contributed by atoms with Crippen LogP contribution in [0.15, 0.2) is 22.0 Å². The quantitative estimate of drug-likeness (QED) is 0.903. The molecular formula is C11H13N3O2S. The van der Waals surface area contributed by atoms with E-state index in [1.807, 2.05) is 31.4 Å². The first kappa shape index (κ1) is 11.8. The van der Waals surface area contributed by atoms with Gasteiger partial charge in [-0.15, -0.1) is 11.3 Å². The van der Waals surface area contributed by atoms with Gasteiger partial charge in [-0.3, -0.25) is 4.79 Å². The van der Waals surface area contributed by atoms with Gasteiger partial charge in [0.1, 0.15) is 0 Å². The molecule has 2 rings (SSSR count). The van der Waals surface area contributed by atoms with E-state index in [2.05, 4.69) is 15.5 Å². The molecule has 17 heavy (non-hydrogen) atoms. The Morgan fingerprint density at radius 2 is 2.41 bits per heavy atom. The van der Waals surface area contributed by atoms with Gasteiger partial charge in [-0.2, -0.15) is 4.98 Å². The van der Waals surface area contributed by atoms with E-state index < -0.39 is 0 Å². The van der Waals surface area contributed by atoms with Gasteiger partial charge in [0.15, 0.2) is 0 Å². The van der Waals surface area contributed by atoms with Crippen molar-refractivity contribution >= 4 is 17.2 Å². The van der Waals surface area contributed by atoms with Crippen LogP contribution in [0, 0.1) is 5.92 Å². The molecule has 2 aromatic heterocycles. The lowest BCUT2D eigenvalue weighted by Gasteiger charge is -2.03. The lowest BCUT2D eigenvalue weighted by atomic mass is 10.2. The average molecular weight is 251 g/mol. The molecule has 2 heterocycles. The fourth-order valence-electron chi connectivity index (χ4n) is 1.20. The van der Waals surface area contributed by atoms with E-state index in [9.17, 15) is 4.79 Å². The van der Waals surface area contributed by atoms with E-state index in [1.54, 1.807) is 11.3 Å². The van der Waals surface area contributed by atoms with E-state index in [-0.39, 0.29) is 18.4 Å². The summed E-state index contributed by atoms with van der Waals surface area (Å²) in [5, 5.41) is 8.53. The Kier molecular flexibility index (Phi) is 3.53. The van der Waals surface area contributed by atoms with Crippen LogP contribution in [0.3, 0.4) is 0 Å². The van der Waals surface area contributed by atoms with Crippen LogP contribution < -0.4 is 5.32 Å². The van der Waals surface area contributed by atoms with Crippen LogP contribution in [0.4, 0.5) is 0 Å². The van der Waals surface area contributed by atoms with Gasteiger partial charge in [0.2, 0.25) is 17.6 Å². The monoisotopic (exact) mass is 251 g/mol. The Hall–Kier alpha value is -1.69. The van der Waals surface area contributed by atoms with Gasteiger partial charge in [-0.1, -0.05) is 25.1 Å². The maximum Gasteiger partial charge on any atom is 0.246 e. The van der Waals surface area contributed by atoms with Gasteiger partial charge in [0, 0.05) is 5.92 Å². The van der Waals surface area contributed by atoms with Crippen LogP contribution in [-0.2, 0) is 11.3 Å². The Morgan fingerprint density at radius 1 is 1.59 bits per heavy atom. The lowest BCUT2D eigenvalue weighted by molar-refractivity contribution is -0.124. The number of thiophene rings is 1. The highest BCUT2D eigenvalue weighted by atomic mass is 32.1. The highest BCUT2D eigenvalue weighted by Gasteiger charge is 2.11. The zero-order valence-electron chi connectivity index (χ0n) is 9.64. The molecule has 0 spiro atoms. The Morgan fingerprint density at radius 3 is 3.06 bits per heavy atom. The third kappa shape index (κ3) is 2.91. The van der Waals surface area contributed by atoms with Crippen molar-refractivity contribution in [2.75, 3.05) is 0 Å². The summed E-state index contributed by atoms with van der Waals surface area (Å²) in [7, 11) is 0. The molecule has 0 aliphatic rings. The van der Waals surface area contributed by atoms with Crippen LogP contribution in [0.1, 0.15) is 19.7 Å². The number of carbonyl (C=O) groups excluding carboxylic acids is 1. The smallest absolute Gasteiger partial charge is 0.246 e. The topological polar surface area (TPSA) is 68.0 Å². The minimum Gasteiger partial charge on any atom is -0.347 e. The molecule has 0 unspecified atom stereocenters. The van der Waals surface area contributed by atoms with Gasteiger partial charge >= 0.3 is 0 Å². The van der Waals surface area contributed by atoms with Gasteiger partial charge in [0.25, 0.3) is 0 Å². The molecule has 0 bridgehead atoms. The van der Waals surface area contributed by atoms with Gasteiger partial charge < -0.3 is 9.84 Å². The van der Waals surface area contributed by atoms with Gasteiger partial charge in [-0.05, 0) is 11.4 Å². The third-order valence-electron chi connectivity index (χ3n) is 2.15. The van der Waals surface area contributed by atoms with Crippen molar-refractivity contribution in [1.29, 1.82) is 0 Å². The minimum absolute atomic E-state index is 0.0270. The average Bonchev–Trinajstić information content (AvgIpc) is 2.95. The number of aromatic nitrogens is 2. The minimum atomic E-state index is -0.0466. The zero-order valence-corrected chi connectivity index (χ0v) is 10.5. The van der Waals surface area contributed by atoms with E-state index in [1.165, 1.54) is 0 Å². The van der Waals surface area contributed by atoms with Crippen molar-refractivity contribution in [1.82, 2.24) is 15.5 Å². The molecule has 1 N–H and O–H groups in total. The van der Waals surface area contributed by atoms with Crippen molar-refractivity contribution in [3.8, 4) is 10.7 Å². The first-order valence-corrected chi connectivity index (χ1v) is 6.19. The van der Waals surface area contributed by atoms with Crippen LogP contribution in [-0.4, -0.2) is 16.0 Å². The van der Waals surface area contributed by atoms with Crippen molar-refractivity contribution in [3.63, 3.8) is 0 Å². The fourth-order valence-corrected chi connectivity index (χ4v) is 1.85. The molecule has 0 saturated carbocycles. The number of nitrogens with one attached hydrogen (secondary N) is 1. The van der Waals surface area contributed by atoms with Crippen molar-refractivity contribution in [2.24, 2.45) is 5.92 Å². The number of nitrogens with zero attached hydrogens (tertiary/aromatic N) is 2. The molecule has 0 fully saturated rings. The SMILES string of the molecule is CC(C)C(=O)NCc1nc(-c2cccs2)no1. The lowest BCUT2D eigenvalue weighted by Crippen LogP contribution is -2.27. The van der Waals surface area contributed by atoms with E-state index in [0.29, 0.717) is 11.7 Å². The molecule has 0 aliphatic carbocycles. The number of hydrogen-bond acceptors (Lipinski definition) is 5. The normalized spacial score (nSPS) is 10.8. The molecule has 90 valence electrons. The molecule has 0 aromatic carbocycles. The van der Waals surface area contributed by atoms with Crippen LogP contribution in [0.2, 0.25) is 0 Å². The van der Waals surface area contributed by atoms with Crippen molar-refractivity contribution in [2.45, 2.75) is 20.4 Å². The number of rotatable bonds is 4. The number of hydrogen-bond donors (Lipinski definition) is 1. The third-order valence-corrected chi connectivity index (χ3v) is 3.01. The summed E-state index contributed by atoms with van der Waals surface area (Å²) in [6.45, 7) is 3.94. The second-order valence-corrected chi connectivity index (χ2v) is 4.81. The highest BCUT2D eigenvalue weighted by molar-refractivity contribution is 7.13. The van der Waals surface area contributed by atoms with Crippen molar-refractivity contribution in [3.05, 3.63) is 23.4 Å². The van der Waals surface area contributed by atoms with Crippen LogP contribution in [0.5, 0.6) is 0 Å². The summed E-state index contributed by atoms with van der Waals surface area (Å²) in [4.78, 5) is 16.5. The number of carbonyl (C=O) groups is 1. The fraction of sp³-hybridized carbons (Fsp3) is 0.364. The molecule has 0 atom stereocenters. The summed E-state index contributed by atoms with van der Waals surface area (Å²) >= 11 is 1.55. The van der Waals surface area contributed by atoms with Gasteiger partial charge in [-0.25, -0.2) is 0 Å². The number of amides is 1. The summed E-state index contributed by atoms with van der Waals surface area (Å²) in [5.74, 6) is 0.909. The molecular weight excluding hydrogens is 238 g/mol. The molecule has 2 aromatic rings. The first-order valence-electron chi connectivity index (χ1n) is 5.31. The Bertz CT molecular complexity index is 491. The molecule has 0 radical (unpaired) electrons. The van der Waals surface area contributed by atoms with E-state index in [0.717, 1.165) is 4.88 Å². The molecule has 5 nitrogen and oxygen atoms in total. The largest absolute Gasteiger partial charge is 0.347 e. The summed E-state index contributed by atoms with van der Waals surface area (Å²) < 4.78 is 5.05. The summed E-state index contributed by atoms with van der Waals surface area (Å²) in [5.41, 5.74) is 0. The van der Waals surface area contributed by atoms with Gasteiger partial charge in [0.05, 0.1) is 11.4 Å². The van der Waals surface area contributed by atoms with Crippen LogP contribution >= 0.6 is 11.3 Å². The maximum atomic E-state index is 11.4. The standard InChI is InChI=1S/C11H13N3O2S/c1-7(2)11(15)12-6-9-13-10(14-16-9)8-4-3-5-17-8/h3-5,7H,6H2,1-2H3,(H,12,15). The van der Waals surface area contributed by atoms with Crippen molar-refractivity contribution < 1.29 is 9.32 Å². The summed E-state index contributed by atoms with van der Waals surface area (Å²) in [6, 6.07) is 3.85. The molecule has 6 heteroatoms. The Labute approximate surface area is 103 Å². The molecule has 0 saturated heterocycles. The van der Waals surface area contributed by atoms with E-state index >= 15 is 0 Å². The zero-order chi connectivity index (χ0) is 12.3. The summed E-state index contributed by atoms with van der Waals surface area (Å²) in [6.07, 6.45) is 0. The molecule has 0 aliphatic heterocycles. The second-order valence-electron chi connectivity index (χ2n) is 3.86. The molecule has 1 amide bonds. The predicted octanol–water partition coefficient (Wildman–Crippen LogP) is 2.07. The Balaban J connectivity index is 1.97. The maximum absolute atomic E-state index is 11.4. The van der Waals surface area contributed by atoms with Crippen LogP contribution in [0.25, 0.3) is 10.7 Å². The van der Waals surface area contributed by atoms with E-state index in [4.69, 9.17) is 4.52 Å². The predicted molar refractivity (Wildman–Crippen MR) is 64.3 cm³/mol. The first-order chi connectivity index (χ1) is 8.16. The highest BCUT2D eigenvalue weighted by Crippen LogP contribution is 2.21. The second kappa shape index (κ2) is 5.09.